The predicted octanol–water partition coefficient (Wildman–Crippen LogP) is 3.53. The van der Waals surface area contributed by atoms with E-state index in [4.69, 9.17) is 4.98 Å². The van der Waals surface area contributed by atoms with Gasteiger partial charge in [0.15, 0.2) is 0 Å². The van der Waals surface area contributed by atoms with Gasteiger partial charge in [0.1, 0.15) is 16.6 Å². The second-order valence-corrected chi connectivity index (χ2v) is 5.83. The zero-order valence-electron chi connectivity index (χ0n) is 12.7. The molecule has 0 amide bonds. The molecule has 0 aliphatic heterocycles. The molecule has 2 heterocycles. The molecule has 0 spiro atoms. The summed E-state index contributed by atoms with van der Waals surface area (Å²) >= 11 is 1.67. The molecule has 0 unspecified atom stereocenters. The van der Waals surface area contributed by atoms with Crippen LogP contribution in [0.5, 0.6) is 0 Å². The van der Waals surface area contributed by atoms with E-state index in [1.165, 1.54) is 5.56 Å². The van der Waals surface area contributed by atoms with Gasteiger partial charge in [0.25, 0.3) is 0 Å². The Morgan fingerprint density at radius 1 is 1.15 bits per heavy atom. The van der Waals surface area contributed by atoms with Crippen molar-refractivity contribution >= 4 is 17.2 Å². The molecule has 108 valence electrons. The van der Waals surface area contributed by atoms with Crippen molar-refractivity contribution in [3.8, 4) is 0 Å². The SMILES string of the molecule is CCCNc1nc(Cc2nc(C)cs2)nc(C)c1CC. The number of nitrogens with one attached hydrogen (secondary N) is 1. The van der Waals surface area contributed by atoms with E-state index in [-0.39, 0.29) is 0 Å². The highest BCUT2D eigenvalue weighted by Gasteiger charge is 2.11. The average molecular weight is 290 g/mol. The lowest BCUT2D eigenvalue weighted by Crippen LogP contribution is -2.11. The fourth-order valence-electron chi connectivity index (χ4n) is 2.17. The maximum Gasteiger partial charge on any atom is 0.137 e. The van der Waals surface area contributed by atoms with Gasteiger partial charge in [-0.3, -0.25) is 0 Å². The number of aryl methyl sites for hydroxylation is 2. The van der Waals surface area contributed by atoms with E-state index in [1.807, 2.05) is 6.92 Å². The second kappa shape index (κ2) is 6.79. The van der Waals surface area contributed by atoms with Crippen LogP contribution in [0.3, 0.4) is 0 Å². The first kappa shape index (κ1) is 14.9. The number of hydrogen-bond donors (Lipinski definition) is 1. The van der Waals surface area contributed by atoms with E-state index in [9.17, 15) is 0 Å². The summed E-state index contributed by atoms with van der Waals surface area (Å²) in [7, 11) is 0. The largest absolute Gasteiger partial charge is 0.370 e. The molecule has 4 nitrogen and oxygen atoms in total. The van der Waals surface area contributed by atoms with Crippen molar-refractivity contribution in [2.24, 2.45) is 0 Å². The van der Waals surface area contributed by atoms with Gasteiger partial charge in [-0.1, -0.05) is 13.8 Å². The number of anilines is 1. The van der Waals surface area contributed by atoms with Gasteiger partial charge in [-0.15, -0.1) is 11.3 Å². The van der Waals surface area contributed by atoms with Crippen LogP contribution in [0, 0.1) is 13.8 Å². The molecule has 0 radical (unpaired) electrons. The predicted molar refractivity (Wildman–Crippen MR) is 84.6 cm³/mol. The van der Waals surface area contributed by atoms with E-state index < -0.39 is 0 Å². The van der Waals surface area contributed by atoms with Crippen LogP contribution in [0.1, 0.15) is 48.1 Å². The van der Waals surface area contributed by atoms with E-state index in [2.05, 4.69) is 41.4 Å². The molecule has 0 aliphatic rings. The van der Waals surface area contributed by atoms with Crippen LogP contribution in [0.25, 0.3) is 0 Å². The third-order valence-corrected chi connectivity index (χ3v) is 4.10. The first-order valence-corrected chi connectivity index (χ1v) is 8.03. The quantitative estimate of drug-likeness (QED) is 0.884. The van der Waals surface area contributed by atoms with E-state index in [0.717, 1.165) is 47.4 Å². The van der Waals surface area contributed by atoms with Crippen molar-refractivity contribution in [1.29, 1.82) is 0 Å². The van der Waals surface area contributed by atoms with Crippen molar-refractivity contribution < 1.29 is 0 Å². The lowest BCUT2D eigenvalue weighted by Gasteiger charge is -2.13. The highest BCUT2D eigenvalue weighted by Crippen LogP contribution is 2.19. The number of rotatable bonds is 6. The number of aromatic nitrogens is 3. The van der Waals surface area contributed by atoms with Gasteiger partial charge in [-0.2, -0.15) is 0 Å². The molecule has 20 heavy (non-hydrogen) atoms. The Morgan fingerprint density at radius 2 is 1.95 bits per heavy atom. The Kier molecular flexibility index (Phi) is 5.06. The molecule has 5 heteroatoms. The topological polar surface area (TPSA) is 50.7 Å². The molecule has 2 aromatic rings. The molecule has 0 aliphatic carbocycles. The molecule has 0 fully saturated rings. The van der Waals surface area contributed by atoms with Crippen LogP contribution in [0.2, 0.25) is 0 Å². The van der Waals surface area contributed by atoms with E-state index >= 15 is 0 Å². The monoisotopic (exact) mass is 290 g/mol. The number of hydrogen-bond acceptors (Lipinski definition) is 5. The highest BCUT2D eigenvalue weighted by molar-refractivity contribution is 7.09. The summed E-state index contributed by atoms with van der Waals surface area (Å²) in [6, 6.07) is 0. The fourth-order valence-corrected chi connectivity index (χ4v) is 2.93. The molecule has 0 atom stereocenters. The van der Waals surface area contributed by atoms with E-state index in [1.54, 1.807) is 11.3 Å². The van der Waals surface area contributed by atoms with Crippen LogP contribution >= 0.6 is 11.3 Å². The molecular formula is C15H22N4S. The smallest absolute Gasteiger partial charge is 0.137 e. The highest BCUT2D eigenvalue weighted by atomic mass is 32.1. The van der Waals surface area contributed by atoms with Gasteiger partial charge in [0.2, 0.25) is 0 Å². The van der Waals surface area contributed by atoms with Gasteiger partial charge >= 0.3 is 0 Å². The van der Waals surface area contributed by atoms with Crippen molar-refractivity contribution in [3.63, 3.8) is 0 Å². The maximum absolute atomic E-state index is 4.69. The Morgan fingerprint density at radius 3 is 2.55 bits per heavy atom. The van der Waals surface area contributed by atoms with Crippen molar-refractivity contribution in [2.45, 2.75) is 47.0 Å². The Bertz CT molecular complexity index is 577. The van der Waals surface area contributed by atoms with Crippen molar-refractivity contribution in [2.75, 3.05) is 11.9 Å². The van der Waals surface area contributed by atoms with Gasteiger partial charge in [-0.25, -0.2) is 15.0 Å². The lowest BCUT2D eigenvalue weighted by atomic mass is 10.1. The summed E-state index contributed by atoms with van der Waals surface area (Å²) in [5.74, 6) is 1.85. The van der Waals surface area contributed by atoms with Crippen LogP contribution in [0.15, 0.2) is 5.38 Å². The molecule has 0 saturated carbocycles. The molecule has 2 aromatic heterocycles. The van der Waals surface area contributed by atoms with E-state index in [0.29, 0.717) is 6.42 Å². The molecule has 0 saturated heterocycles. The Balaban J connectivity index is 2.27. The molecule has 2 rings (SSSR count). The van der Waals surface area contributed by atoms with Gasteiger partial charge in [0, 0.05) is 28.9 Å². The van der Waals surface area contributed by atoms with Crippen LogP contribution in [0.4, 0.5) is 5.82 Å². The standard InChI is InChI=1S/C15H22N4S/c1-5-7-16-15-12(6-2)11(4)18-13(19-15)8-14-17-10(3)9-20-14/h9H,5-8H2,1-4H3,(H,16,18,19). The fraction of sp³-hybridized carbons (Fsp3) is 0.533. The minimum absolute atomic E-state index is 0.712. The Labute approximate surface area is 124 Å². The number of nitrogens with zero attached hydrogens (tertiary/aromatic N) is 3. The first-order chi connectivity index (χ1) is 9.63. The maximum atomic E-state index is 4.69. The summed E-state index contributed by atoms with van der Waals surface area (Å²) in [4.78, 5) is 13.8. The average Bonchev–Trinajstić information content (AvgIpc) is 2.81. The lowest BCUT2D eigenvalue weighted by molar-refractivity contribution is 0.882. The third-order valence-electron chi connectivity index (χ3n) is 3.13. The minimum Gasteiger partial charge on any atom is -0.370 e. The van der Waals surface area contributed by atoms with Crippen LogP contribution < -0.4 is 5.32 Å². The normalized spacial score (nSPS) is 10.8. The van der Waals surface area contributed by atoms with Gasteiger partial charge < -0.3 is 5.32 Å². The van der Waals surface area contributed by atoms with Crippen LogP contribution in [-0.4, -0.2) is 21.5 Å². The number of thiazole rings is 1. The van der Waals surface area contributed by atoms with Crippen LogP contribution in [-0.2, 0) is 12.8 Å². The molecular weight excluding hydrogens is 268 g/mol. The molecule has 0 aromatic carbocycles. The zero-order chi connectivity index (χ0) is 14.5. The first-order valence-electron chi connectivity index (χ1n) is 7.15. The summed E-state index contributed by atoms with van der Waals surface area (Å²) in [6.07, 6.45) is 2.76. The Hall–Kier alpha value is -1.49. The second-order valence-electron chi connectivity index (χ2n) is 4.89. The molecule has 0 bridgehead atoms. The van der Waals surface area contributed by atoms with Gasteiger partial charge in [-0.05, 0) is 26.7 Å². The summed E-state index contributed by atoms with van der Waals surface area (Å²) < 4.78 is 0. The summed E-state index contributed by atoms with van der Waals surface area (Å²) in [5, 5.41) is 6.56. The van der Waals surface area contributed by atoms with Crippen molar-refractivity contribution in [1.82, 2.24) is 15.0 Å². The summed E-state index contributed by atoms with van der Waals surface area (Å²) in [5.41, 5.74) is 3.36. The zero-order valence-corrected chi connectivity index (χ0v) is 13.5. The van der Waals surface area contributed by atoms with Crippen molar-refractivity contribution in [3.05, 3.63) is 33.2 Å². The molecule has 1 N–H and O–H groups in total. The van der Waals surface area contributed by atoms with Gasteiger partial charge in [0.05, 0.1) is 6.42 Å². The summed E-state index contributed by atoms with van der Waals surface area (Å²) in [6.45, 7) is 9.33. The third kappa shape index (κ3) is 3.54. The minimum atomic E-state index is 0.712.